The first-order valence-corrected chi connectivity index (χ1v) is 12.1. The number of nitro benzene ring substituents is 1. The maximum absolute atomic E-state index is 13.2. The van der Waals surface area contributed by atoms with Crippen LogP contribution in [-0.4, -0.2) is 62.0 Å². The molecule has 38 heavy (non-hydrogen) atoms. The molecule has 0 saturated carbocycles. The highest BCUT2D eigenvalue weighted by atomic mass is 16.6. The molecule has 3 aromatic carbocycles. The Morgan fingerprint density at radius 1 is 0.974 bits per heavy atom. The van der Waals surface area contributed by atoms with E-state index in [1.165, 1.54) is 25.3 Å². The summed E-state index contributed by atoms with van der Waals surface area (Å²) in [5, 5.41) is 16.9. The van der Waals surface area contributed by atoms with E-state index in [9.17, 15) is 19.7 Å². The lowest BCUT2D eigenvalue weighted by Gasteiger charge is -2.35. The molecule has 0 atom stereocenters. The Hall–Kier alpha value is -4.48. The van der Waals surface area contributed by atoms with Gasteiger partial charge in [0.1, 0.15) is 5.69 Å². The van der Waals surface area contributed by atoms with Crippen molar-refractivity contribution < 1.29 is 19.2 Å². The number of methoxy groups -OCH3 is 1. The monoisotopic (exact) mass is 518 g/mol. The number of ether oxygens (including phenoxy) is 1. The number of nitrogens with one attached hydrogen (secondary N) is 2. The standard InChI is InChI=1S/C27H30N6O5/c1-31-12-14-32(15-13-31)23-8-4-3-7-22(23)30-26(34)18-10-11-21(19(16-18)17-38-2)29-27(35)20-6-5-9-24(25(20)28)33(36)37/h3-11,16H,12-15,17,28H2,1-2H3,(H,29,35)(H,30,34). The molecule has 198 valence electrons. The second kappa shape index (κ2) is 11.7. The number of piperazine rings is 1. The van der Waals surface area contributed by atoms with E-state index >= 15 is 0 Å². The molecule has 1 heterocycles. The zero-order valence-electron chi connectivity index (χ0n) is 21.3. The summed E-state index contributed by atoms with van der Waals surface area (Å²) in [7, 11) is 3.59. The van der Waals surface area contributed by atoms with Crippen LogP contribution in [0.15, 0.2) is 60.7 Å². The minimum absolute atomic E-state index is 0.0232. The molecular formula is C27H30N6O5. The molecule has 11 heteroatoms. The van der Waals surface area contributed by atoms with Crippen molar-refractivity contribution in [3.63, 3.8) is 0 Å². The summed E-state index contributed by atoms with van der Waals surface area (Å²) in [6, 6.07) is 16.6. The summed E-state index contributed by atoms with van der Waals surface area (Å²) in [5.41, 5.74) is 8.29. The van der Waals surface area contributed by atoms with Crippen molar-refractivity contribution in [1.82, 2.24) is 4.90 Å². The lowest BCUT2D eigenvalue weighted by atomic mass is 10.1. The number of hydrogen-bond donors (Lipinski definition) is 3. The second-order valence-corrected chi connectivity index (χ2v) is 9.02. The number of benzene rings is 3. The van der Waals surface area contributed by atoms with Crippen molar-refractivity contribution in [3.8, 4) is 0 Å². The molecule has 0 bridgehead atoms. The van der Waals surface area contributed by atoms with Crippen molar-refractivity contribution in [2.24, 2.45) is 0 Å². The van der Waals surface area contributed by atoms with E-state index in [4.69, 9.17) is 10.5 Å². The third-order valence-electron chi connectivity index (χ3n) is 6.44. The van der Waals surface area contributed by atoms with E-state index in [0.29, 0.717) is 22.5 Å². The number of hydrogen-bond acceptors (Lipinski definition) is 8. The van der Waals surface area contributed by atoms with Gasteiger partial charge in [-0.05, 0) is 43.4 Å². The molecule has 4 rings (SSSR count). The fourth-order valence-electron chi connectivity index (χ4n) is 4.33. The zero-order valence-corrected chi connectivity index (χ0v) is 21.3. The number of carbonyl (C=O) groups is 2. The fourth-order valence-corrected chi connectivity index (χ4v) is 4.33. The summed E-state index contributed by atoms with van der Waals surface area (Å²) in [5.74, 6) is -0.911. The molecule has 0 aliphatic carbocycles. The van der Waals surface area contributed by atoms with E-state index in [1.807, 2.05) is 24.3 Å². The number of anilines is 4. The summed E-state index contributed by atoms with van der Waals surface area (Å²) >= 11 is 0. The van der Waals surface area contributed by atoms with Crippen LogP contribution in [0, 0.1) is 10.1 Å². The van der Waals surface area contributed by atoms with Crippen LogP contribution in [0.1, 0.15) is 26.3 Å². The van der Waals surface area contributed by atoms with Crippen molar-refractivity contribution in [1.29, 1.82) is 0 Å². The van der Waals surface area contributed by atoms with Crippen LogP contribution < -0.4 is 21.3 Å². The normalized spacial score (nSPS) is 13.7. The first kappa shape index (κ1) is 26.6. The highest BCUT2D eigenvalue weighted by Crippen LogP contribution is 2.29. The predicted octanol–water partition coefficient (Wildman–Crippen LogP) is 3.58. The molecule has 0 radical (unpaired) electrons. The molecule has 3 aromatic rings. The molecule has 1 aliphatic rings. The molecule has 4 N–H and O–H groups in total. The number of para-hydroxylation sites is 3. The number of rotatable bonds is 8. The minimum atomic E-state index is -0.641. The fraction of sp³-hybridized carbons (Fsp3) is 0.259. The van der Waals surface area contributed by atoms with Gasteiger partial charge >= 0.3 is 0 Å². The smallest absolute Gasteiger partial charge is 0.292 e. The lowest BCUT2D eigenvalue weighted by Crippen LogP contribution is -2.44. The zero-order chi connectivity index (χ0) is 27.2. The molecule has 0 aromatic heterocycles. The van der Waals surface area contributed by atoms with Gasteiger partial charge in [0.05, 0.1) is 28.5 Å². The summed E-state index contributed by atoms with van der Waals surface area (Å²) in [6.07, 6.45) is 0. The number of nitro groups is 1. The van der Waals surface area contributed by atoms with Crippen LogP contribution in [-0.2, 0) is 11.3 Å². The maximum atomic E-state index is 13.2. The summed E-state index contributed by atoms with van der Waals surface area (Å²) in [6.45, 7) is 3.74. The average molecular weight is 519 g/mol. The number of likely N-dealkylation sites (N-methyl/N-ethyl adjacent to an activating group) is 1. The Bertz CT molecular complexity index is 1350. The molecule has 1 fully saturated rings. The predicted molar refractivity (Wildman–Crippen MR) is 147 cm³/mol. The van der Waals surface area contributed by atoms with Crippen LogP contribution in [0.25, 0.3) is 0 Å². The van der Waals surface area contributed by atoms with Gasteiger partial charge in [0.25, 0.3) is 17.5 Å². The van der Waals surface area contributed by atoms with Crippen LogP contribution >= 0.6 is 0 Å². The molecule has 1 saturated heterocycles. The summed E-state index contributed by atoms with van der Waals surface area (Å²) in [4.78, 5) is 41.2. The Balaban J connectivity index is 1.54. The van der Waals surface area contributed by atoms with E-state index in [1.54, 1.807) is 18.2 Å². The number of amides is 2. The second-order valence-electron chi connectivity index (χ2n) is 9.02. The number of carbonyl (C=O) groups excluding carboxylic acids is 2. The van der Waals surface area contributed by atoms with Gasteiger partial charge in [-0.25, -0.2) is 0 Å². The van der Waals surface area contributed by atoms with E-state index in [2.05, 4.69) is 27.5 Å². The highest BCUT2D eigenvalue weighted by molar-refractivity contribution is 6.10. The van der Waals surface area contributed by atoms with Gasteiger partial charge in [0.2, 0.25) is 0 Å². The summed E-state index contributed by atoms with van der Waals surface area (Å²) < 4.78 is 5.28. The number of nitrogens with zero attached hydrogens (tertiary/aromatic N) is 3. The topological polar surface area (TPSA) is 143 Å². The Labute approximate surface area is 220 Å². The van der Waals surface area contributed by atoms with Gasteiger partial charge in [-0.3, -0.25) is 19.7 Å². The lowest BCUT2D eigenvalue weighted by molar-refractivity contribution is -0.383. The van der Waals surface area contributed by atoms with Crippen molar-refractivity contribution in [3.05, 3.63) is 87.5 Å². The van der Waals surface area contributed by atoms with Crippen molar-refractivity contribution in [2.75, 3.05) is 61.6 Å². The van der Waals surface area contributed by atoms with Crippen LogP contribution in [0.3, 0.4) is 0 Å². The molecule has 11 nitrogen and oxygen atoms in total. The van der Waals surface area contributed by atoms with E-state index in [0.717, 1.165) is 31.9 Å². The molecule has 1 aliphatic heterocycles. The number of nitrogen functional groups attached to an aromatic ring is 1. The average Bonchev–Trinajstić information content (AvgIpc) is 2.90. The largest absolute Gasteiger partial charge is 0.393 e. The first-order chi connectivity index (χ1) is 18.3. The third-order valence-corrected chi connectivity index (χ3v) is 6.44. The molecule has 0 spiro atoms. The van der Waals surface area contributed by atoms with Gasteiger partial charge in [-0.2, -0.15) is 0 Å². The van der Waals surface area contributed by atoms with Crippen LogP contribution in [0.4, 0.5) is 28.4 Å². The molecular weight excluding hydrogens is 488 g/mol. The molecule has 0 unspecified atom stereocenters. The van der Waals surface area contributed by atoms with Gasteiger partial charge in [-0.1, -0.05) is 18.2 Å². The number of nitrogens with two attached hydrogens (primary N) is 1. The van der Waals surface area contributed by atoms with Gasteiger partial charge in [0.15, 0.2) is 0 Å². The van der Waals surface area contributed by atoms with E-state index < -0.39 is 10.8 Å². The van der Waals surface area contributed by atoms with Crippen LogP contribution in [0.2, 0.25) is 0 Å². The van der Waals surface area contributed by atoms with Crippen LogP contribution in [0.5, 0.6) is 0 Å². The minimum Gasteiger partial charge on any atom is -0.393 e. The SMILES string of the molecule is COCc1cc(C(=O)Nc2ccccc2N2CCN(C)CC2)ccc1NC(=O)c1cccc([N+](=O)[O-])c1N. The Kier molecular flexibility index (Phi) is 8.19. The quantitative estimate of drug-likeness (QED) is 0.233. The maximum Gasteiger partial charge on any atom is 0.292 e. The van der Waals surface area contributed by atoms with Gasteiger partial charge in [-0.15, -0.1) is 0 Å². The van der Waals surface area contributed by atoms with Crippen molar-refractivity contribution in [2.45, 2.75) is 6.61 Å². The third kappa shape index (κ3) is 5.90. The first-order valence-electron chi connectivity index (χ1n) is 12.1. The highest BCUT2D eigenvalue weighted by Gasteiger charge is 2.21. The van der Waals surface area contributed by atoms with Crippen molar-refractivity contribution >= 4 is 40.3 Å². The van der Waals surface area contributed by atoms with Gasteiger partial charge < -0.3 is 30.9 Å². The van der Waals surface area contributed by atoms with Gasteiger partial charge in [0, 0.05) is 56.2 Å². The Morgan fingerprint density at radius 2 is 1.68 bits per heavy atom. The van der Waals surface area contributed by atoms with E-state index in [-0.39, 0.29) is 29.5 Å². The Morgan fingerprint density at radius 3 is 2.39 bits per heavy atom. The molecule has 2 amide bonds.